The fourth-order valence-corrected chi connectivity index (χ4v) is 2.08. The van der Waals surface area contributed by atoms with Crippen LogP contribution in [0, 0.1) is 0 Å². The first-order chi connectivity index (χ1) is 8.49. The molecular formula is C12H14F3N3. The van der Waals surface area contributed by atoms with Crippen LogP contribution in [0.3, 0.4) is 0 Å². The molecule has 0 bridgehead atoms. The molecule has 1 aromatic heterocycles. The van der Waals surface area contributed by atoms with Gasteiger partial charge in [0.2, 0.25) is 0 Å². The largest absolute Gasteiger partial charge is 0.410 e. The maximum atomic E-state index is 13.0. The summed E-state index contributed by atoms with van der Waals surface area (Å²) in [7, 11) is 0. The monoisotopic (exact) mass is 257 g/mol. The number of rotatable bonds is 3. The van der Waals surface area contributed by atoms with Gasteiger partial charge in [0.25, 0.3) is 0 Å². The molecular weight excluding hydrogens is 243 g/mol. The fraction of sp³-hybridized carbons (Fsp3) is 0.417. The Balaban J connectivity index is 2.67. The van der Waals surface area contributed by atoms with Crippen LogP contribution in [-0.4, -0.2) is 22.3 Å². The molecule has 3 nitrogen and oxygen atoms in total. The van der Waals surface area contributed by atoms with Gasteiger partial charge in [-0.05, 0) is 12.1 Å². The van der Waals surface area contributed by atoms with Crippen molar-refractivity contribution in [1.29, 1.82) is 0 Å². The third-order valence-corrected chi connectivity index (χ3v) is 2.90. The Morgan fingerprint density at radius 3 is 2.56 bits per heavy atom. The van der Waals surface area contributed by atoms with Crippen LogP contribution in [0.4, 0.5) is 13.2 Å². The first-order valence-corrected chi connectivity index (χ1v) is 5.71. The van der Waals surface area contributed by atoms with E-state index in [4.69, 9.17) is 5.73 Å². The second kappa shape index (κ2) is 4.61. The van der Waals surface area contributed by atoms with Crippen LogP contribution in [0.1, 0.15) is 18.8 Å². The van der Waals surface area contributed by atoms with Crippen LogP contribution in [0.5, 0.6) is 0 Å². The van der Waals surface area contributed by atoms with Crippen molar-refractivity contribution in [2.75, 3.05) is 6.54 Å². The Bertz CT molecular complexity index is 545. The van der Waals surface area contributed by atoms with Gasteiger partial charge >= 0.3 is 6.18 Å². The van der Waals surface area contributed by atoms with Gasteiger partial charge in [-0.25, -0.2) is 4.98 Å². The quantitative estimate of drug-likeness (QED) is 0.918. The molecule has 1 aromatic carbocycles. The summed E-state index contributed by atoms with van der Waals surface area (Å²) in [5.41, 5.74) is 6.34. The highest BCUT2D eigenvalue weighted by Crippen LogP contribution is 2.33. The third kappa shape index (κ3) is 2.08. The Morgan fingerprint density at radius 1 is 1.33 bits per heavy atom. The molecule has 98 valence electrons. The summed E-state index contributed by atoms with van der Waals surface area (Å²) < 4.78 is 40.2. The topological polar surface area (TPSA) is 43.8 Å². The summed E-state index contributed by atoms with van der Waals surface area (Å²) in [5.74, 6) is 0.406. The first-order valence-electron chi connectivity index (χ1n) is 5.71. The Kier molecular flexibility index (Phi) is 3.30. The molecule has 2 rings (SSSR count). The Labute approximate surface area is 102 Å². The van der Waals surface area contributed by atoms with Gasteiger partial charge in [-0.2, -0.15) is 13.2 Å². The van der Waals surface area contributed by atoms with Crippen LogP contribution in [0.2, 0.25) is 0 Å². The van der Waals surface area contributed by atoms with Crippen LogP contribution >= 0.6 is 0 Å². The Morgan fingerprint density at radius 2 is 2.00 bits per heavy atom. The molecule has 0 aliphatic rings. The zero-order valence-corrected chi connectivity index (χ0v) is 9.91. The standard InChI is InChI=1S/C12H14F3N3/c1-2-11-17-8-5-3-4-6-9(8)18(11)10(7-16)12(13,14)15/h3-6,10H,2,7,16H2,1H3. The number of imidazole rings is 1. The second-order valence-electron chi connectivity index (χ2n) is 4.03. The van der Waals surface area contributed by atoms with Crippen molar-refractivity contribution in [3.8, 4) is 0 Å². The first kappa shape index (κ1) is 12.9. The molecule has 0 radical (unpaired) electrons. The van der Waals surface area contributed by atoms with Crippen molar-refractivity contribution in [2.45, 2.75) is 25.6 Å². The van der Waals surface area contributed by atoms with Crippen molar-refractivity contribution in [3.05, 3.63) is 30.1 Å². The van der Waals surface area contributed by atoms with Crippen molar-refractivity contribution >= 4 is 11.0 Å². The summed E-state index contributed by atoms with van der Waals surface area (Å²) in [5, 5.41) is 0. The number of alkyl halides is 3. The van der Waals surface area contributed by atoms with E-state index < -0.39 is 18.8 Å². The number of fused-ring (bicyclic) bond motifs is 1. The SMILES string of the molecule is CCc1nc2ccccc2n1C(CN)C(F)(F)F. The lowest BCUT2D eigenvalue weighted by Gasteiger charge is -2.22. The van der Waals surface area contributed by atoms with Gasteiger partial charge in [0.05, 0.1) is 11.0 Å². The number of nitrogens with zero attached hydrogens (tertiary/aromatic N) is 2. The number of aromatic nitrogens is 2. The number of benzene rings is 1. The maximum Gasteiger partial charge on any atom is 0.410 e. The number of aryl methyl sites for hydroxylation is 1. The van der Waals surface area contributed by atoms with E-state index in [0.717, 1.165) is 0 Å². The van der Waals surface area contributed by atoms with E-state index in [1.54, 1.807) is 31.2 Å². The zero-order chi connectivity index (χ0) is 13.3. The van der Waals surface area contributed by atoms with E-state index in [9.17, 15) is 13.2 Å². The van der Waals surface area contributed by atoms with E-state index in [-0.39, 0.29) is 0 Å². The minimum absolute atomic E-state index is 0.406. The molecule has 0 saturated carbocycles. The van der Waals surface area contributed by atoms with Crippen molar-refractivity contribution < 1.29 is 13.2 Å². The van der Waals surface area contributed by atoms with Gasteiger partial charge in [-0.15, -0.1) is 0 Å². The summed E-state index contributed by atoms with van der Waals surface area (Å²) in [6.07, 6.45) is -3.94. The fourth-order valence-electron chi connectivity index (χ4n) is 2.08. The number of nitrogens with two attached hydrogens (primary N) is 1. The molecule has 18 heavy (non-hydrogen) atoms. The van der Waals surface area contributed by atoms with E-state index in [0.29, 0.717) is 23.3 Å². The molecule has 0 aliphatic heterocycles. The van der Waals surface area contributed by atoms with E-state index in [2.05, 4.69) is 4.98 Å². The van der Waals surface area contributed by atoms with Gasteiger partial charge in [-0.1, -0.05) is 19.1 Å². The van der Waals surface area contributed by atoms with Gasteiger partial charge < -0.3 is 10.3 Å². The predicted molar refractivity (Wildman–Crippen MR) is 63.3 cm³/mol. The van der Waals surface area contributed by atoms with Gasteiger partial charge in [0.15, 0.2) is 0 Å². The minimum atomic E-state index is -4.37. The average molecular weight is 257 g/mol. The molecule has 1 atom stereocenters. The van der Waals surface area contributed by atoms with Crippen LogP contribution in [-0.2, 0) is 6.42 Å². The van der Waals surface area contributed by atoms with Crippen molar-refractivity contribution in [2.24, 2.45) is 5.73 Å². The molecule has 1 unspecified atom stereocenters. The average Bonchev–Trinajstić information content (AvgIpc) is 2.67. The smallest absolute Gasteiger partial charge is 0.328 e. The lowest BCUT2D eigenvalue weighted by Crippen LogP contribution is -2.33. The second-order valence-corrected chi connectivity index (χ2v) is 4.03. The predicted octanol–water partition coefficient (Wildman–Crippen LogP) is 2.66. The van der Waals surface area contributed by atoms with Gasteiger partial charge in [0, 0.05) is 13.0 Å². The number of hydrogen-bond acceptors (Lipinski definition) is 2. The third-order valence-electron chi connectivity index (χ3n) is 2.90. The zero-order valence-electron chi connectivity index (χ0n) is 9.91. The van der Waals surface area contributed by atoms with Crippen molar-refractivity contribution in [3.63, 3.8) is 0 Å². The molecule has 0 spiro atoms. The Hall–Kier alpha value is -1.56. The van der Waals surface area contributed by atoms with E-state index in [1.807, 2.05) is 0 Å². The number of para-hydroxylation sites is 2. The summed E-state index contributed by atoms with van der Waals surface area (Å²) in [4.78, 5) is 4.22. The molecule has 0 saturated heterocycles. The van der Waals surface area contributed by atoms with Crippen LogP contribution in [0.15, 0.2) is 24.3 Å². The van der Waals surface area contributed by atoms with Crippen LogP contribution in [0.25, 0.3) is 11.0 Å². The summed E-state index contributed by atoms with van der Waals surface area (Å²) in [6, 6.07) is 5.07. The highest BCUT2D eigenvalue weighted by molar-refractivity contribution is 5.76. The normalized spacial score (nSPS) is 14.1. The molecule has 0 fully saturated rings. The van der Waals surface area contributed by atoms with Gasteiger partial charge in [-0.3, -0.25) is 0 Å². The molecule has 2 aromatic rings. The minimum Gasteiger partial charge on any atom is -0.328 e. The molecule has 2 N–H and O–H groups in total. The molecule has 0 aliphatic carbocycles. The van der Waals surface area contributed by atoms with E-state index in [1.165, 1.54) is 4.57 Å². The molecule has 1 heterocycles. The summed E-state index contributed by atoms with van der Waals surface area (Å²) >= 11 is 0. The molecule has 6 heteroatoms. The molecule has 0 amide bonds. The number of halogens is 3. The van der Waals surface area contributed by atoms with Crippen molar-refractivity contribution in [1.82, 2.24) is 9.55 Å². The highest BCUT2D eigenvalue weighted by Gasteiger charge is 2.41. The lowest BCUT2D eigenvalue weighted by atomic mass is 10.2. The van der Waals surface area contributed by atoms with Crippen LogP contribution < -0.4 is 5.73 Å². The number of hydrogen-bond donors (Lipinski definition) is 1. The van der Waals surface area contributed by atoms with Gasteiger partial charge in [0.1, 0.15) is 11.9 Å². The van der Waals surface area contributed by atoms with E-state index >= 15 is 0 Å². The summed E-state index contributed by atoms with van der Waals surface area (Å²) in [6.45, 7) is 1.29. The highest BCUT2D eigenvalue weighted by atomic mass is 19.4. The lowest BCUT2D eigenvalue weighted by molar-refractivity contribution is -0.164. The maximum absolute atomic E-state index is 13.0.